The first-order valence-electron chi connectivity index (χ1n) is 10.8. The van der Waals surface area contributed by atoms with Gasteiger partial charge in [-0.25, -0.2) is 5.43 Å². The second-order valence-electron chi connectivity index (χ2n) is 7.34. The fourth-order valence-corrected chi connectivity index (χ4v) is 3.13. The van der Waals surface area contributed by atoms with Gasteiger partial charge in [-0.1, -0.05) is 96.1 Å². The fourth-order valence-electron chi connectivity index (χ4n) is 3.13. The molecule has 0 aliphatic rings. The first-order valence-corrected chi connectivity index (χ1v) is 10.8. The van der Waals surface area contributed by atoms with E-state index in [0.717, 1.165) is 12.8 Å². The lowest BCUT2D eigenvalue weighted by Crippen LogP contribution is -2.16. The highest BCUT2D eigenvalue weighted by Gasteiger charge is 2.00. The van der Waals surface area contributed by atoms with Gasteiger partial charge in [0.25, 0.3) is 0 Å². The van der Waals surface area contributed by atoms with Crippen molar-refractivity contribution in [2.45, 2.75) is 96.8 Å². The van der Waals surface area contributed by atoms with Crippen LogP contribution in [0.4, 0.5) is 0 Å². The van der Waals surface area contributed by atoms with Crippen molar-refractivity contribution >= 4 is 12.1 Å². The quantitative estimate of drug-likeness (QED) is 0.202. The summed E-state index contributed by atoms with van der Waals surface area (Å²) in [5.74, 6) is 0.0942. The summed E-state index contributed by atoms with van der Waals surface area (Å²) in [6.45, 7) is 2.26. The number of nitrogens with zero attached hydrogens (tertiary/aromatic N) is 1. The van der Waals surface area contributed by atoms with Gasteiger partial charge in [-0.15, -0.1) is 0 Å². The molecule has 152 valence electrons. The number of benzene rings is 1. The second kappa shape index (κ2) is 16.3. The van der Waals surface area contributed by atoms with Gasteiger partial charge in [-0.2, -0.15) is 5.10 Å². The van der Waals surface area contributed by atoms with Crippen molar-refractivity contribution in [2.75, 3.05) is 0 Å². The molecular formula is C23H38N2O2. The molecule has 0 aromatic heterocycles. The van der Waals surface area contributed by atoms with E-state index in [0.29, 0.717) is 12.0 Å². The summed E-state index contributed by atoms with van der Waals surface area (Å²) in [5, 5.41) is 13.5. The molecule has 0 saturated heterocycles. The van der Waals surface area contributed by atoms with Crippen LogP contribution in [0.15, 0.2) is 29.4 Å². The Morgan fingerprint density at radius 1 is 0.889 bits per heavy atom. The van der Waals surface area contributed by atoms with Gasteiger partial charge >= 0.3 is 0 Å². The topological polar surface area (TPSA) is 61.7 Å². The molecule has 0 saturated carbocycles. The smallest absolute Gasteiger partial charge is 0.240 e. The van der Waals surface area contributed by atoms with Gasteiger partial charge in [0.05, 0.1) is 6.21 Å². The number of unbranched alkanes of at least 4 members (excludes halogenated alkanes) is 12. The SMILES string of the molecule is CCCCCCCCCCCCCCCC(=O)N/N=C/c1ccccc1O. The van der Waals surface area contributed by atoms with Crippen LogP contribution in [0.2, 0.25) is 0 Å². The Kier molecular flexibility index (Phi) is 14.0. The van der Waals surface area contributed by atoms with Crippen LogP contribution in [0, 0.1) is 0 Å². The zero-order valence-corrected chi connectivity index (χ0v) is 17.1. The highest BCUT2D eigenvalue weighted by Crippen LogP contribution is 2.13. The Bertz CT molecular complexity index is 529. The lowest BCUT2D eigenvalue weighted by atomic mass is 10.0. The van der Waals surface area contributed by atoms with E-state index in [1.54, 1.807) is 18.2 Å². The summed E-state index contributed by atoms with van der Waals surface area (Å²) in [7, 11) is 0. The van der Waals surface area contributed by atoms with Crippen molar-refractivity contribution in [1.29, 1.82) is 0 Å². The lowest BCUT2D eigenvalue weighted by Gasteiger charge is -2.03. The number of para-hydroxylation sites is 1. The van der Waals surface area contributed by atoms with E-state index in [-0.39, 0.29) is 11.7 Å². The predicted molar refractivity (Wildman–Crippen MR) is 114 cm³/mol. The summed E-state index contributed by atoms with van der Waals surface area (Å²) in [6, 6.07) is 6.91. The highest BCUT2D eigenvalue weighted by molar-refractivity contribution is 5.84. The molecule has 0 fully saturated rings. The predicted octanol–water partition coefficient (Wildman–Crippen LogP) is 6.32. The summed E-state index contributed by atoms with van der Waals surface area (Å²) in [6.07, 6.45) is 18.9. The number of carbonyl (C=O) groups is 1. The van der Waals surface area contributed by atoms with Crippen LogP contribution in [-0.2, 0) is 4.79 Å². The van der Waals surface area contributed by atoms with E-state index < -0.39 is 0 Å². The Morgan fingerprint density at radius 3 is 1.96 bits per heavy atom. The number of phenolic OH excluding ortho intramolecular Hbond substituents is 1. The van der Waals surface area contributed by atoms with Crippen LogP contribution < -0.4 is 5.43 Å². The Morgan fingerprint density at radius 2 is 1.41 bits per heavy atom. The van der Waals surface area contributed by atoms with E-state index in [4.69, 9.17) is 0 Å². The second-order valence-corrected chi connectivity index (χ2v) is 7.34. The summed E-state index contributed by atoms with van der Waals surface area (Å²) < 4.78 is 0. The van der Waals surface area contributed by atoms with Crippen molar-refractivity contribution < 1.29 is 9.90 Å². The number of rotatable bonds is 16. The molecule has 1 rings (SSSR count). The molecule has 0 radical (unpaired) electrons. The maximum atomic E-state index is 11.7. The van der Waals surface area contributed by atoms with Crippen molar-refractivity contribution in [1.82, 2.24) is 5.43 Å². The van der Waals surface area contributed by atoms with Crippen LogP contribution in [0.25, 0.3) is 0 Å². The fraction of sp³-hybridized carbons (Fsp3) is 0.652. The third kappa shape index (κ3) is 13.0. The van der Waals surface area contributed by atoms with Crippen LogP contribution in [0.1, 0.15) is 102 Å². The molecule has 0 aliphatic carbocycles. The van der Waals surface area contributed by atoms with Crippen molar-refractivity contribution in [3.05, 3.63) is 29.8 Å². The Labute approximate surface area is 165 Å². The van der Waals surface area contributed by atoms with Gasteiger partial charge in [0.2, 0.25) is 5.91 Å². The average Bonchev–Trinajstić information content (AvgIpc) is 2.67. The van der Waals surface area contributed by atoms with Crippen molar-refractivity contribution in [3.8, 4) is 5.75 Å². The molecule has 1 aromatic rings. The van der Waals surface area contributed by atoms with E-state index in [1.165, 1.54) is 76.8 Å². The number of carbonyl (C=O) groups excluding carboxylic acids is 1. The van der Waals surface area contributed by atoms with E-state index >= 15 is 0 Å². The van der Waals surface area contributed by atoms with Crippen LogP contribution in [0.3, 0.4) is 0 Å². The standard InChI is InChI=1S/C23H38N2O2/c1-2-3-4-5-6-7-8-9-10-11-12-13-14-19-23(27)25-24-20-21-17-15-16-18-22(21)26/h15-18,20,26H,2-14,19H2,1H3,(H,25,27)/b24-20+. The van der Waals surface area contributed by atoms with Gasteiger partial charge in [0.1, 0.15) is 5.75 Å². The number of hydrogen-bond donors (Lipinski definition) is 2. The number of amides is 1. The molecule has 0 heterocycles. The number of hydrogen-bond acceptors (Lipinski definition) is 3. The largest absolute Gasteiger partial charge is 0.507 e. The van der Waals surface area contributed by atoms with Crippen molar-refractivity contribution in [2.24, 2.45) is 5.10 Å². The zero-order chi connectivity index (χ0) is 19.6. The average molecular weight is 375 g/mol. The maximum absolute atomic E-state index is 11.7. The third-order valence-electron chi connectivity index (χ3n) is 4.84. The molecule has 1 amide bonds. The first kappa shape index (κ1) is 23.2. The number of aromatic hydroxyl groups is 1. The van der Waals surface area contributed by atoms with Crippen molar-refractivity contribution in [3.63, 3.8) is 0 Å². The van der Waals surface area contributed by atoms with Gasteiger partial charge in [0, 0.05) is 12.0 Å². The highest BCUT2D eigenvalue weighted by atomic mass is 16.3. The number of phenols is 1. The minimum absolute atomic E-state index is 0.0651. The molecule has 0 spiro atoms. The van der Waals surface area contributed by atoms with E-state index in [2.05, 4.69) is 17.5 Å². The van der Waals surface area contributed by atoms with Gasteiger partial charge < -0.3 is 5.11 Å². The Hall–Kier alpha value is -1.84. The summed E-state index contributed by atoms with van der Waals surface area (Å²) in [5.41, 5.74) is 3.12. The molecule has 0 atom stereocenters. The Balaban J connectivity index is 1.89. The minimum atomic E-state index is -0.0651. The van der Waals surface area contributed by atoms with Gasteiger partial charge in [0.15, 0.2) is 0 Å². The maximum Gasteiger partial charge on any atom is 0.240 e. The first-order chi connectivity index (χ1) is 13.2. The molecule has 0 bridgehead atoms. The summed E-state index contributed by atoms with van der Waals surface area (Å²) >= 11 is 0. The van der Waals surface area contributed by atoms with Crippen LogP contribution in [-0.4, -0.2) is 17.2 Å². The molecule has 0 unspecified atom stereocenters. The van der Waals surface area contributed by atoms with Gasteiger partial charge in [-0.3, -0.25) is 4.79 Å². The molecule has 0 aliphatic heterocycles. The minimum Gasteiger partial charge on any atom is -0.507 e. The zero-order valence-electron chi connectivity index (χ0n) is 17.1. The number of hydrazone groups is 1. The normalized spacial score (nSPS) is 11.1. The van der Waals surface area contributed by atoms with E-state index in [9.17, 15) is 9.90 Å². The van der Waals surface area contributed by atoms with Gasteiger partial charge in [-0.05, 0) is 18.6 Å². The van der Waals surface area contributed by atoms with E-state index in [1.807, 2.05) is 6.07 Å². The third-order valence-corrected chi connectivity index (χ3v) is 4.84. The molecule has 27 heavy (non-hydrogen) atoms. The van der Waals surface area contributed by atoms with Crippen LogP contribution >= 0.6 is 0 Å². The number of nitrogens with one attached hydrogen (secondary N) is 1. The molecule has 4 nitrogen and oxygen atoms in total. The molecule has 2 N–H and O–H groups in total. The monoisotopic (exact) mass is 374 g/mol. The van der Waals surface area contributed by atoms with Crippen LogP contribution in [0.5, 0.6) is 5.75 Å². The molecule has 4 heteroatoms. The molecular weight excluding hydrogens is 336 g/mol. The molecule has 1 aromatic carbocycles. The lowest BCUT2D eigenvalue weighted by molar-refractivity contribution is -0.121. The summed E-state index contributed by atoms with van der Waals surface area (Å²) in [4.78, 5) is 11.7.